The van der Waals surface area contributed by atoms with Crippen molar-refractivity contribution < 1.29 is 14.3 Å². The molecule has 2 fully saturated rings. The fourth-order valence-electron chi connectivity index (χ4n) is 2.89. The Morgan fingerprint density at radius 2 is 2.08 bits per heavy atom. The highest BCUT2D eigenvalue weighted by Crippen LogP contribution is 2.30. The van der Waals surface area contributed by atoms with E-state index in [4.69, 9.17) is 10.5 Å². The number of hydrogen-bond acceptors (Lipinski definition) is 4. The SMILES string of the molecule is Cl.NCC1CCCN1C(=O)COc1cccc(NC(=O)C2CC2)c1. The summed E-state index contributed by atoms with van der Waals surface area (Å²) >= 11 is 0. The van der Waals surface area contributed by atoms with Crippen LogP contribution >= 0.6 is 12.4 Å². The molecule has 0 bridgehead atoms. The first-order valence-electron chi connectivity index (χ1n) is 8.20. The van der Waals surface area contributed by atoms with E-state index in [1.54, 1.807) is 23.1 Å². The molecule has 132 valence electrons. The lowest BCUT2D eigenvalue weighted by Crippen LogP contribution is -2.42. The van der Waals surface area contributed by atoms with Gasteiger partial charge in [-0.25, -0.2) is 0 Å². The Kier molecular flexibility index (Phi) is 6.45. The van der Waals surface area contributed by atoms with Crippen molar-refractivity contribution in [1.29, 1.82) is 0 Å². The molecule has 6 nitrogen and oxygen atoms in total. The van der Waals surface area contributed by atoms with E-state index in [0.717, 1.165) is 32.2 Å². The molecule has 1 unspecified atom stereocenters. The average molecular weight is 354 g/mol. The molecule has 1 heterocycles. The van der Waals surface area contributed by atoms with Gasteiger partial charge in [0, 0.05) is 36.8 Å². The summed E-state index contributed by atoms with van der Waals surface area (Å²) in [4.78, 5) is 25.8. The van der Waals surface area contributed by atoms with Crippen molar-refractivity contribution in [3.8, 4) is 5.75 Å². The number of ether oxygens (including phenoxy) is 1. The number of nitrogens with zero attached hydrogens (tertiary/aromatic N) is 1. The van der Waals surface area contributed by atoms with E-state index < -0.39 is 0 Å². The molecule has 1 aromatic carbocycles. The van der Waals surface area contributed by atoms with Gasteiger partial charge in [0.15, 0.2) is 6.61 Å². The van der Waals surface area contributed by atoms with Crippen LogP contribution in [-0.4, -0.2) is 42.5 Å². The van der Waals surface area contributed by atoms with E-state index in [1.165, 1.54) is 0 Å². The number of amides is 2. The second kappa shape index (κ2) is 8.35. The fraction of sp³-hybridized carbons (Fsp3) is 0.529. The van der Waals surface area contributed by atoms with Crippen molar-refractivity contribution in [2.75, 3.05) is 25.0 Å². The minimum Gasteiger partial charge on any atom is -0.484 e. The Hall–Kier alpha value is -1.79. The molecule has 2 amide bonds. The minimum absolute atomic E-state index is 0. The highest BCUT2D eigenvalue weighted by Gasteiger charge is 2.30. The summed E-state index contributed by atoms with van der Waals surface area (Å²) in [7, 11) is 0. The molecule has 1 aliphatic heterocycles. The maximum Gasteiger partial charge on any atom is 0.260 e. The van der Waals surface area contributed by atoms with E-state index in [9.17, 15) is 9.59 Å². The third kappa shape index (κ3) is 4.61. The van der Waals surface area contributed by atoms with Crippen LogP contribution < -0.4 is 15.8 Å². The monoisotopic (exact) mass is 353 g/mol. The number of hydrogen-bond donors (Lipinski definition) is 2. The van der Waals surface area contributed by atoms with Crippen LogP contribution in [0.2, 0.25) is 0 Å². The molecular formula is C17H24ClN3O3. The lowest BCUT2D eigenvalue weighted by molar-refractivity contribution is -0.134. The third-order valence-corrected chi connectivity index (χ3v) is 4.38. The quantitative estimate of drug-likeness (QED) is 0.816. The first-order valence-corrected chi connectivity index (χ1v) is 8.20. The largest absolute Gasteiger partial charge is 0.484 e. The average Bonchev–Trinajstić information content (AvgIpc) is 3.30. The summed E-state index contributed by atoms with van der Waals surface area (Å²) in [5, 5.41) is 2.87. The van der Waals surface area contributed by atoms with Crippen molar-refractivity contribution in [1.82, 2.24) is 4.90 Å². The molecule has 7 heteroatoms. The van der Waals surface area contributed by atoms with Gasteiger partial charge in [0.1, 0.15) is 5.75 Å². The van der Waals surface area contributed by atoms with E-state index in [1.807, 2.05) is 6.07 Å². The minimum atomic E-state index is -0.0367. The molecule has 0 radical (unpaired) electrons. The number of anilines is 1. The van der Waals surface area contributed by atoms with E-state index in [-0.39, 0.29) is 42.8 Å². The molecule has 1 saturated heterocycles. The molecule has 3 rings (SSSR count). The van der Waals surface area contributed by atoms with Gasteiger partial charge in [-0.15, -0.1) is 12.4 Å². The summed E-state index contributed by atoms with van der Waals surface area (Å²) in [6.07, 6.45) is 3.89. The van der Waals surface area contributed by atoms with Gasteiger partial charge in [-0.05, 0) is 37.8 Å². The number of carbonyl (C=O) groups is 2. The molecular weight excluding hydrogens is 330 g/mol. The van der Waals surface area contributed by atoms with Gasteiger partial charge in [0.2, 0.25) is 5.91 Å². The first-order chi connectivity index (χ1) is 11.2. The molecule has 24 heavy (non-hydrogen) atoms. The zero-order valence-electron chi connectivity index (χ0n) is 13.6. The third-order valence-electron chi connectivity index (χ3n) is 4.38. The van der Waals surface area contributed by atoms with Crippen LogP contribution in [0.25, 0.3) is 0 Å². The predicted molar refractivity (Wildman–Crippen MR) is 94.3 cm³/mol. The van der Waals surface area contributed by atoms with Gasteiger partial charge in [-0.2, -0.15) is 0 Å². The highest BCUT2D eigenvalue weighted by molar-refractivity contribution is 5.94. The summed E-state index contributed by atoms with van der Waals surface area (Å²) in [6.45, 7) is 1.24. The van der Waals surface area contributed by atoms with Crippen LogP contribution in [0, 0.1) is 5.92 Å². The van der Waals surface area contributed by atoms with Crippen LogP contribution in [0.1, 0.15) is 25.7 Å². The van der Waals surface area contributed by atoms with Gasteiger partial charge in [-0.3, -0.25) is 9.59 Å². The number of likely N-dealkylation sites (tertiary alicyclic amines) is 1. The van der Waals surface area contributed by atoms with Gasteiger partial charge < -0.3 is 20.7 Å². The van der Waals surface area contributed by atoms with Crippen LogP contribution in [-0.2, 0) is 9.59 Å². The topological polar surface area (TPSA) is 84.7 Å². The Morgan fingerprint density at radius 1 is 1.29 bits per heavy atom. The Labute approximate surface area is 148 Å². The van der Waals surface area contributed by atoms with Crippen LogP contribution in [0.4, 0.5) is 5.69 Å². The van der Waals surface area contributed by atoms with Crippen molar-refractivity contribution in [3.63, 3.8) is 0 Å². The number of nitrogens with two attached hydrogens (primary N) is 1. The van der Waals surface area contributed by atoms with Gasteiger partial charge in [-0.1, -0.05) is 6.07 Å². The Morgan fingerprint density at radius 3 is 2.79 bits per heavy atom. The molecule has 1 saturated carbocycles. The van der Waals surface area contributed by atoms with Crippen LogP contribution in [0.3, 0.4) is 0 Å². The van der Waals surface area contributed by atoms with Gasteiger partial charge in [0.25, 0.3) is 5.91 Å². The summed E-state index contributed by atoms with van der Waals surface area (Å²) < 4.78 is 5.59. The second-order valence-electron chi connectivity index (χ2n) is 6.20. The van der Waals surface area contributed by atoms with E-state index >= 15 is 0 Å². The molecule has 3 N–H and O–H groups in total. The normalized spacial score (nSPS) is 19.5. The molecule has 1 aliphatic carbocycles. The van der Waals surface area contributed by atoms with Crippen molar-refractivity contribution >= 4 is 29.9 Å². The van der Waals surface area contributed by atoms with Crippen molar-refractivity contribution in [3.05, 3.63) is 24.3 Å². The number of benzene rings is 1. The summed E-state index contributed by atoms with van der Waals surface area (Å²) in [5.41, 5.74) is 6.39. The lowest BCUT2D eigenvalue weighted by Gasteiger charge is -2.23. The number of halogens is 1. The molecule has 0 spiro atoms. The number of carbonyl (C=O) groups excluding carboxylic acids is 2. The zero-order valence-corrected chi connectivity index (χ0v) is 14.4. The maximum atomic E-state index is 12.2. The van der Waals surface area contributed by atoms with Gasteiger partial charge >= 0.3 is 0 Å². The molecule has 0 aromatic heterocycles. The molecule has 2 aliphatic rings. The fourth-order valence-corrected chi connectivity index (χ4v) is 2.89. The smallest absolute Gasteiger partial charge is 0.260 e. The van der Waals surface area contributed by atoms with Crippen LogP contribution in [0.5, 0.6) is 5.75 Å². The molecule has 1 atom stereocenters. The summed E-state index contributed by atoms with van der Waals surface area (Å²) in [5.74, 6) is 0.756. The van der Waals surface area contributed by atoms with E-state index in [0.29, 0.717) is 18.0 Å². The van der Waals surface area contributed by atoms with Crippen LogP contribution in [0.15, 0.2) is 24.3 Å². The Bertz CT molecular complexity index is 592. The highest BCUT2D eigenvalue weighted by atomic mass is 35.5. The standard InChI is InChI=1S/C17H23N3O3.ClH/c18-10-14-4-2-8-20(14)16(21)11-23-15-5-1-3-13(9-15)19-17(22)12-6-7-12;/h1,3,5,9,12,14H,2,4,6-8,10-11,18H2,(H,19,22);1H. The van der Waals surface area contributed by atoms with Gasteiger partial charge in [0.05, 0.1) is 0 Å². The zero-order chi connectivity index (χ0) is 16.2. The molecule has 1 aromatic rings. The second-order valence-corrected chi connectivity index (χ2v) is 6.20. The van der Waals surface area contributed by atoms with Crippen molar-refractivity contribution in [2.45, 2.75) is 31.7 Å². The first kappa shape index (κ1) is 18.5. The number of nitrogens with one attached hydrogen (secondary N) is 1. The van der Waals surface area contributed by atoms with Crippen molar-refractivity contribution in [2.24, 2.45) is 11.7 Å². The predicted octanol–water partition coefficient (Wildman–Crippen LogP) is 1.79. The lowest BCUT2D eigenvalue weighted by atomic mass is 10.2. The Balaban J connectivity index is 0.00000208. The number of rotatable bonds is 6. The van der Waals surface area contributed by atoms with E-state index in [2.05, 4.69) is 5.32 Å². The summed E-state index contributed by atoms with van der Waals surface area (Å²) in [6, 6.07) is 7.29. The maximum absolute atomic E-state index is 12.2.